The third-order valence-corrected chi connectivity index (χ3v) is 4.23. The van der Waals surface area contributed by atoms with Crippen molar-refractivity contribution in [3.63, 3.8) is 0 Å². The molecule has 0 aliphatic carbocycles. The number of ether oxygens (including phenoxy) is 1. The zero-order valence-electron chi connectivity index (χ0n) is 12.0. The highest BCUT2D eigenvalue weighted by Crippen LogP contribution is 2.21. The van der Waals surface area contributed by atoms with Crippen LogP contribution in [0.15, 0.2) is 45.7 Å². The Morgan fingerprint density at radius 2 is 2.09 bits per heavy atom. The largest absolute Gasteiger partial charge is 0.465 e. The van der Waals surface area contributed by atoms with Gasteiger partial charge in [-0.25, -0.2) is 14.2 Å². The smallest absolute Gasteiger partial charge is 0.337 e. The number of hydrogen-bond acceptors (Lipinski definition) is 4. The maximum atomic E-state index is 12.9. The number of imidazole rings is 1. The standard InChI is InChI=1S/C16H10BrN3O3/c1-23-15(22)8-2-4-11-10(6-8)14(21)20-13-5-3-9(17)7-12(13)19-16(20)18-11/h2-7H,1H3,(H,18,19). The summed E-state index contributed by atoms with van der Waals surface area (Å²) in [6.07, 6.45) is 0. The molecule has 0 atom stereocenters. The molecule has 4 aromatic rings. The molecule has 1 N–H and O–H groups in total. The zero-order chi connectivity index (χ0) is 16.1. The molecule has 0 saturated carbocycles. The van der Waals surface area contributed by atoms with Gasteiger partial charge in [-0.1, -0.05) is 15.9 Å². The minimum atomic E-state index is -0.487. The maximum absolute atomic E-state index is 12.9. The van der Waals surface area contributed by atoms with Crippen LogP contribution in [0.1, 0.15) is 10.4 Å². The fraction of sp³-hybridized carbons (Fsp3) is 0.0625. The Labute approximate surface area is 137 Å². The first kappa shape index (κ1) is 14.0. The number of hydrogen-bond donors (Lipinski definition) is 1. The predicted octanol–water partition coefficient (Wildman–Crippen LogP) is 2.88. The first-order valence-corrected chi connectivity index (χ1v) is 7.60. The van der Waals surface area contributed by atoms with Crippen LogP contribution < -0.4 is 5.56 Å². The van der Waals surface area contributed by atoms with Gasteiger partial charge in [0.15, 0.2) is 0 Å². The van der Waals surface area contributed by atoms with Gasteiger partial charge in [-0.15, -0.1) is 0 Å². The topological polar surface area (TPSA) is 76.5 Å². The van der Waals surface area contributed by atoms with Crippen LogP contribution in [0.2, 0.25) is 0 Å². The zero-order valence-corrected chi connectivity index (χ0v) is 13.5. The van der Waals surface area contributed by atoms with Crippen LogP contribution in [0.5, 0.6) is 0 Å². The molecule has 0 saturated heterocycles. The summed E-state index contributed by atoms with van der Waals surface area (Å²) in [4.78, 5) is 32.1. The van der Waals surface area contributed by atoms with E-state index in [-0.39, 0.29) is 5.56 Å². The second kappa shape index (κ2) is 4.92. The molecule has 0 amide bonds. The van der Waals surface area contributed by atoms with E-state index in [1.165, 1.54) is 17.6 Å². The fourth-order valence-electron chi connectivity index (χ4n) is 2.66. The number of carbonyl (C=O) groups is 1. The lowest BCUT2D eigenvalue weighted by Gasteiger charge is -2.02. The van der Waals surface area contributed by atoms with Crippen molar-refractivity contribution in [3.8, 4) is 0 Å². The highest BCUT2D eigenvalue weighted by Gasteiger charge is 2.13. The second-order valence-corrected chi connectivity index (χ2v) is 6.00. The summed E-state index contributed by atoms with van der Waals surface area (Å²) in [7, 11) is 1.30. The monoisotopic (exact) mass is 371 g/mol. The van der Waals surface area contributed by atoms with Crippen molar-refractivity contribution >= 4 is 49.6 Å². The minimum Gasteiger partial charge on any atom is -0.465 e. The molecular formula is C16H10BrN3O3. The number of H-pyrrole nitrogens is 1. The van der Waals surface area contributed by atoms with Gasteiger partial charge in [0.2, 0.25) is 5.78 Å². The molecule has 7 heteroatoms. The Kier molecular flexibility index (Phi) is 2.99. The van der Waals surface area contributed by atoms with Gasteiger partial charge in [0.1, 0.15) is 0 Å². The molecule has 2 aromatic carbocycles. The van der Waals surface area contributed by atoms with E-state index < -0.39 is 5.97 Å². The van der Waals surface area contributed by atoms with Crippen molar-refractivity contribution in [2.75, 3.05) is 7.11 Å². The number of benzene rings is 2. The fourth-order valence-corrected chi connectivity index (χ4v) is 3.02. The molecule has 0 aliphatic rings. The van der Waals surface area contributed by atoms with Gasteiger partial charge in [-0.2, -0.15) is 0 Å². The molecule has 6 nitrogen and oxygen atoms in total. The van der Waals surface area contributed by atoms with Gasteiger partial charge >= 0.3 is 5.97 Å². The Bertz CT molecular complexity index is 1160. The number of nitrogens with zero attached hydrogens (tertiary/aromatic N) is 2. The van der Waals surface area contributed by atoms with E-state index in [0.717, 1.165) is 15.5 Å². The lowest BCUT2D eigenvalue weighted by molar-refractivity contribution is 0.0601. The quantitative estimate of drug-likeness (QED) is 0.522. The molecule has 0 aliphatic heterocycles. The first-order valence-electron chi connectivity index (χ1n) is 6.80. The molecule has 23 heavy (non-hydrogen) atoms. The average Bonchev–Trinajstić information content (AvgIpc) is 2.91. The number of fused-ring (bicyclic) bond motifs is 4. The number of carbonyl (C=O) groups excluding carboxylic acids is 1. The SMILES string of the molecule is COC(=O)c1ccc2nc3[nH]c4cc(Br)ccc4n3c(=O)c2c1. The van der Waals surface area contributed by atoms with Gasteiger partial charge in [0.05, 0.1) is 34.6 Å². The number of methoxy groups -OCH3 is 1. The lowest BCUT2D eigenvalue weighted by Crippen LogP contribution is -2.15. The van der Waals surface area contributed by atoms with E-state index in [9.17, 15) is 9.59 Å². The number of aromatic amines is 1. The van der Waals surface area contributed by atoms with Crippen LogP contribution in [0, 0.1) is 0 Å². The molecule has 0 fully saturated rings. The summed E-state index contributed by atoms with van der Waals surface area (Å²) in [5.41, 5.74) is 2.14. The molecule has 0 bridgehead atoms. The molecule has 0 spiro atoms. The Morgan fingerprint density at radius 3 is 2.87 bits per heavy atom. The van der Waals surface area contributed by atoms with E-state index in [0.29, 0.717) is 22.2 Å². The van der Waals surface area contributed by atoms with Crippen molar-refractivity contribution in [1.29, 1.82) is 0 Å². The first-order chi connectivity index (χ1) is 11.1. The Balaban J connectivity index is 2.14. The number of rotatable bonds is 1. The van der Waals surface area contributed by atoms with E-state index in [1.54, 1.807) is 12.1 Å². The summed E-state index contributed by atoms with van der Waals surface area (Å²) < 4.78 is 7.11. The number of esters is 1. The van der Waals surface area contributed by atoms with Crippen molar-refractivity contribution in [2.45, 2.75) is 0 Å². The highest BCUT2D eigenvalue weighted by atomic mass is 79.9. The van der Waals surface area contributed by atoms with Gasteiger partial charge < -0.3 is 9.72 Å². The average molecular weight is 372 g/mol. The normalized spacial score (nSPS) is 11.4. The van der Waals surface area contributed by atoms with Gasteiger partial charge in [0, 0.05) is 4.47 Å². The molecule has 2 heterocycles. The molecule has 114 valence electrons. The van der Waals surface area contributed by atoms with E-state index in [2.05, 4.69) is 25.9 Å². The summed E-state index contributed by atoms with van der Waals surface area (Å²) >= 11 is 3.41. The third-order valence-electron chi connectivity index (χ3n) is 3.74. The second-order valence-electron chi connectivity index (χ2n) is 5.09. The summed E-state index contributed by atoms with van der Waals surface area (Å²) in [6.45, 7) is 0. The Hall–Kier alpha value is -2.67. The van der Waals surface area contributed by atoms with Crippen LogP contribution in [-0.4, -0.2) is 27.4 Å². The van der Waals surface area contributed by atoms with Gasteiger partial charge in [-0.3, -0.25) is 4.79 Å². The van der Waals surface area contributed by atoms with Crippen molar-refractivity contribution < 1.29 is 9.53 Å². The van der Waals surface area contributed by atoms with Crippen molar-refractivity contribution in [2.24, 2.45) is 0 Å². The van der Waals surface area contributed by atoms with Gasteiger partial charge in [-0.05, 0) is 36.4 Å². The molecular weight excluding hydrogens is 362 g/mol. The minimum absolute atomic E-state index is 0.232. The van der Waals surface area contributed by atoms with E-state index >= 15 is 0 Å². The lowest BCUT2D eigenvalue weighted by atomic mass is 10.1. The number of nitrogens with one attached hydrogen (secondary N) is 1. The summed E-state index contributed by atoms with van der Waals surface area (Å²) in [6, 6.07) is 10.3. The molecule has 0 radical (unpaired) electrons. The molecule has 4 rings (SSSR count). The van der Waals surface area contributed by atoms with Crippen LogP contribution in [0.25, 0.3) is 27.7 Å². The highest BCUT2D eigenvalue weighted by molar-refractivity contribution is 9.10. The summed E-state index contributed by atoms with van der Waals surface area (Å²) in [5, 5.41) is 0.370. The van der Waals surface area contributed by atoms with Crippen molar-refractivity contribution in [1.82, 2.24) is 14.4 Å². The Morgan fingerprint density at radius 1 is 1.26 bits per heavy atom. The molecule has 0 unspecified atom stereocenters. The predicted molar refractivity (Wildman–Crippen MR) is 89.9 cm³/mol. The number of halogens is 1. The molecule has 2 aromatic heterocycles. The van der Waals surface area contributed by atoms with E-state index in [4.69, 9.17) is 4.74 Å². The van der Waals surface area contributed by atoms with Crippen molar-refractivity contribution in [3.05, 3.63) is 56.8 Å². The third kappa shape index (κ3) is 2.04. The number of aromatic nitrogens is 3. The van der Waals surface area contributed by atoms with Crippen LogP contribution in [0.4, 0.5) is 0 Å². The van der Waals surface area contributed by atoms with Crippen LogP contribution in [-0.2, 0) is 4.74 Å². The van der Waals surface area contributed by atoms with Gasteiger partial charge in [0.25, 0.3) is 5.56 Å². The maximum Gasteiger partial charge on any atom is 0.337 e. The van der Waals surface area contributed by atoms with Crippen LogP contribution >= 0.6 is 15.9 Å². The van der Waals surface area contributed by atoms with Crippen LogP contribution in [0.3, 0.4) is 0 Å². The van der Waals surface area contributed by atoms with E-state index in [1.807, 2.05) is 18.2 Å². The summed E-state index contributed by atoms with van der Waals surface area (Å²) in [5.74, 6) is -0.0272.